The molecule has 3 nitrogen and oxygen atoms in total. The van der Waals surface area contributed by atoms with Crippen LogP contribution in [0.1, 0.15) is 24.2 Å². The first-order valence-electron chi connectivity index (χ1n) is 6.12. The van der Waals surface area contributed by atoms with Gasteiger partial charge in [-0.1, -0.05) is 12.1 Å². The number of thiazole rings is 1. The zero-order chi connectivity index (χ0) is 13.2. The van der Waals surface area contributed by atoms with Crippen molar-refractivity contribution >= 4 is 28.1 Å². The van der Waals surface area contributed by atoms with Crippen LogP contribution in [0, 0.1) is 0 Å². The van der Waals surface area contributed by atoms with E-state index in [2.05, 4.69) is 39.8 Å². The molecule has 0 saturated heterocycles. The number of nitrogens with zero attached hydrogens (tertiary/aromatic N) is 2. The summed E-state index contributed by atoms with van der Waals surface area (Å²) in [6.07, 6.45) is 4.13. The average molecular weight is 289 g/mol. The number of aromatic nitrogens is 2. The summed E-state index contributed by atoms with van der Waals surface area (Å²) in [5.41, 5.74) is 8.13. The van der Waals surface area contributed by atoms with Gasteiger partial charge in [-0.3, -0.25) is 4.40 Å². The number of hydrogen-bond acceptors (Lipinski definition) is 4. The van der Waals surface area contributed by atoms with Gasteiger partial charge in [0.15, 0.2) is 4.96 Å². The molecule has 5 heteroatoms. The summed E-state index contributed by atoms with van der Waals surface area (Å²) in [4.78, 5) is 6.88. The van der Waals surface area contributed by atoms with Gasteiger partial charge in [0.1, 0.15) is 0 Å². The minimum atomic E-state index is 0.0963. The van der Waals surface area contributed by atoms with Gasteiger partial charge in [-0.2, -0.15) is 0 Å². The van der Waals surface area contributed by atoms with Crippen molar-refractivity contribution in [2.75, 3.05) is 0 Å². The molecular weight excluding hydrogens is 274 g/mol. The summed E-state index contributed by atoms with van der Waals surface area (Å²) < 4.78 is 2.07. The normalized spacial score (nSPS) is 12.9. The molecule has 0 spiro atoms. The Labute approximate surface area is 120 Å². The van der Waals surface area contributed by atoms with Crippen LogP contribution in [-0.4, -0.2) is 9.38 Å². The first-order valence-corrected chi connectivity index (χ1v) is 7.98. The van der Waals surface area contributed by atoms with Crippen molar-refractivity contribution in [3.63, 3.8) is 0 Å². The second-order valence-electron chi connectivity index (χ2n) is 4.47. The highest BCUT2D eigenvalue weighted by Gasteiger charge is 2.04. The summed E-state index contributed by atoms with van der Waals surface area (Å²) in [5.74, 6) is 0.895. The molecule has 2 aromatic heterocycles. The second kappa shape index (κ2) is 5.36. The fourth-order valence-corrected chi connectivity index (χ4v) is 3.37. The highest BCUT2D eigenvalue weighted by Crippen LogP contribution is 2.24. The Hall–Kier alpha value is -1.30. The molecule has 98 valence electrons. The van der Waals surface area contributed by atoms with Gasteiger partial charge in [0.25, 0.3) is 0 Å². The molecule has 1 unspecified atom stereocenters. The third-order valence-corrected chi connectivity index (χ3v) is 4.75. The first-order chi connectivity index (χ1) is 9.22. The van der Waals surface area contributed by atoms with E-state index in [0.29, 0.717) is 0 Å². The van der Waals surface area contributed by atoms with Crippen LogP contribution in [0.3, 0.4) is 0 Å². The zero-order valence-electron chi connectivity index (χ0n) is 10.6. The molecule has 0 saturated carbocycles. The molecule has 3 rings (SSSR count). The van der Waals surface area contributed by atoms with Gasteiger partial charge in [0, 0.05) is 34.5 Å². The highest BCUT2D eigenvalue weighted by molar-refractivity contribution is 7.98. The van der Waals surface area contributed by atoms with Gasteiger partial charge in [-0.15, -0.1) is 23.1 Å². The third-order valence-electron chi connectivity index (χ3n) is 2.94. The Kier molecular flexibility index (Phi) is 3.59. The predicted octanol–water partition coefficient (Wildman–Crippen LogP) is 3.71. The lowest BCUT2D eigenvalue weighted by Gasteiger charge is -2.06. The molecule has 0 radical (unpaired) electrons. The quantitative estimate of drug-likeness (QED) is 0.745. The maximum atomic E-state index is 5.84. The van der Waals surface area contributed by atoms with Gasteiger partial charge in [-0.05, 0) is 24.6 Å². The van der Waals surface area contributed by atoms with Crippen LogP contribution in [-0.2, 0) is 5.75 Å². The van der Waals surface area contributed by atoms with E-state index in [1.54, 1.807) is 23.1 Å². The molecule has 19 heavy (non-hydrogen) atoms. The number of imidazole rings is 1. The monoisotopic (exact) mass is 289 g/mol. The summed E-state index contributed by atoms with van der Waals surface area (Å²) in [6.45, 7) is 2.00. The van der Waals surface area contributed by atoms with Crippen molar-refractivity contribution in [2.45, 2.75) is 23.6 Å². The van der Waals surface area contributed by atoms with Crippen LogP contribution in [0.4, 0.5) is 0 Å². The number of fused-ring (bicyclic) bond motifs is 1. The standard InChI is InChI=1S/C14H15N3S2/c1-10(15)11-2-4-13(5-3-11)19-9-12-8-17-6-7-18-14(17)16-12/h2-8,10H,9,15H2,1H3. The van der Waals surface area contributed by atoms with Crippen LogP contribution in [0.2, 0.25) is 0 Å². The Morgan fingerprint density at radius 2 is 2.16 bits per heavy atom. The lowest BCUT2D eigenvalue weighted by atomic mass is 10.1. The fraction of sp³-hybridized carbons (Fsp3) is 0.214. The van der Waals surface area contributed by atoms with Gasteiger partial charge in [0.2, 0.25) is 0 Å². The molecule has 0 aliphatic carbocycles. The Morgan fingerprint density at radius 1 is 1.37 bits per heavy atom. The molecule has 1 atom stereocenters. The van der Waals surface area contributed by atoms with E-state index in [1.165, 1.54) is 10.5 Å². The molecule has 2 heterocycles. The number of thioether (sulfide) groups is 1. The Bertz CT molecular complexity index is 639. The SMILES string of the molecule is CC(N)c1ccc(SCc2cn3ccsc3n2)cc1. The van der Waals surface area contributed by atoms with Crippen molar-refractivity contribution in [3.05, 3.63) is 53.3 Å². The summed E-state index contributed by atoms with van der Waals surface area (Å²) in [6, 6.07) is 8.54. The highest BCUT2D eigenvalue weighted by atomic mass is 32.2. The molecule has 1 aromatic carbocycles. The molecule has 2 N–H and O–H groups in total. The predicted molar refractivity (Wildman–Crippen MR) is 81.7 cm³/mol. The van der Waals surface area contributed by atoms with E-state index in [9.17, 15) is 0 Å². The maximum absolute atomic E-state index is 5.84. The zero-order valence-corrected chi connectivity index (χ0v) is 12.2. The fourth-order valence-electron chi connectivity index (χ4n) is 1.87. The van der Waals surface area contributed by atoms with Crippen molar-refractivity contribution in [2.24, 2.45) is 5.73 Å². The molecule has 3 aromatic rings. The molecule has 0 amide bonds. The van der Waals surface area contributed by atoms with E-state index in [-0.39, 0.29) is 6.04 Å². The largest absolute Gasteiger partial charge is 0.324 e. The van der Waals surface area contributed by atoms with E-state index in [0.717, 1.165) is 16.4 Å². The minimum Gasteiger partial charge on any atom is -0.324 e. The third kappa shape index (κ3) is 2.83. The van der Waals surface area contributed by atoms with E-state index >= 15 is 0 Å². The minimum absolute atomic E-state index is 0.0963. The number of nitrogens with two attached hydrogens (primary N) is 1. The van der Waals surface area contributed by atoms with Crippen LogP contribution in [0.25, 0.3) is 4.96 Å². The first kappa shape index (κ1) is 12.7. The number of benzene rings is 1. The van der Waals surface area contributed by atoms with Crippen LogP contribution in [0.5, 0.6) is 0 Å². The maximum Gasteiger partial charge on any atom is 0.193 e. The van der Waals surface area contributed by atoms with Gasteiger partial charge < -0.3 is 5.73 Å². The van der Waals surface area contributed by atoms with Gasteiger partial charge in [-0.25, -0.2) is 4.98 Å². The summed E-state index contributed by atoms with van der Waals surface area (Å²) in [5, 5.41) is 2.05. The number of hydrogen-bond donors (Lipinski definition) is 1. The summed E-state index contributed by atoms with van der Waals surface area (Å²) >= 11 is 3.46. The van der Waals surface area contributed by atoms with Crippen LogP contribution >= 0.6 is 23.1 Å². The van der Waals surface area contributed by atoms with Crippen LogP contribution in [0.15, 0.2) is 46.9 Å². The molecule has 0 aliphatic rings. The Morgan fingerprint density at radius 3 is 2.84 bits per heavy atom. The molecule has 0 bridgehead atoms. The van der Waals surface area contributed by atoms with Crippen molar-refractivity contribution in [1.82, 2.24) is 9.38 Å². The van der Waals surface area contributed by atoms with Gasteiger partial charge >= 0.3 is 0 Å². The lowest BCUT2D eigenvalue weighted by molar-refractivity contribution is 0.817. The van der Waals surface area contributed by atoms with Crippen molar-refractivity contribution < 1.29 is 0 Å². The van der Waals surface area contributed by atoms with E-state index in [4.69, 9.17) is 5.73 Å². The second-order valence-corrected chi connectivity index (χ2v) is 6.39. The topological polar surface area (TPSA) is 43.3 Å². The Balaban J connectivity index is 1.67. The van der Waals surface area contributed by atoms with Crippen LogP contribution < -0.4 is 5.73 Å². The molecule has 0 aliphatic heterocycles. The summed E-state index contributed by atoms with van der Waals surface area (Å²) in [7, 11) is 0. The average Bonchev–Trinajstić information content (AvgIpc) is 2.97. The molecular formula is C14H15N3S2. The van der Waals surface area contributed by atoms with Crippen molar-refractivity contribution in [1.29, 1.82) is 0 Å². The smallest absolute Gasteiger partial charge is 0.193 e. The van der Waals surface area contributed by atoms with E-state index < -0.39 is 0 Å². The van der Waals surface area contributed by atoms with E-state index in [1.807, 2.05) is 18.5 Å². The van der Waals surface area contributed by atoms with Gasteiger partial charge in [0.05, 0.1) is 5.69 Å². The van der Waals surface area contributed by atoms with Crippen molar-refractivity contribution in [3.8, 4) is 0 Å². The number of rotatable bonds is 4. The molecule has 0 fully saturated rings. The lowest BCUT2D eigenvalue weighted by Crippen LogP contribution is -2.04.